The number of benzene rings is 1. The second kappa shape index (κ2) is 7.61. The zero-order valence-corrected chi connectivity index (χ0v) is 14.7. The minimum Gasteiger partial charge on any atom is -0.310 e. The smallest absolute Gasteiger partial charge is 0.0359 e. The molecule has 1 unspecified atom stereocenters. The fourth-order valence-electron chi connectivity index (χ4n) is 3.33. The Morgan fingerprint density at radius 3 is 2.55 bits per heavy atom. The third-order valence-corrected chi connectivity index (χ3v) is 5.32. The van der Waals surface area contributed by atoms with Crippen LogP contribution in [-0.4, -0.2) is 6.54 Å². The molecule has 0 heterocycles. The minimum absolute atomic E-state index is 0.512. The minimum atomic E-state index is 0.512. The van der Waals surface area contributed by atoms with E-state index in [1.165, 1.54) is 47.7 Å². The van der Waals surface area contributed by atoms with Crippen LogP contribution in [0.1, 0.15) is 63.1 Å². The van der Waals surface area contributed by atoms with E-state index in [9.17, 15) is 0 Å². The molecule has 0 amide bonds. The van der Waals surface area contributed by atoms with Crippen LogP contribution in [0, 0.1) is 18.8 Å². The highest BCUT2D eigenvalue weighted by Gasteiger charge is 2.27. The standard InChI is InChI=1S/C18H28BrN/c1-4-11-20-18(15-8-5-13(2)6-9-15)16-10-7-14(3)12-17(16)19/h7,10,12-13,15,18,20H,4-6,8-9,11H2,1-3H3. The normalized spacial score (nSPS) is 24.6. The third kappa shape index (κ3) is 4.08. The molecule has 1 fully saturated rings. The molecule has 2 heteroatoms. The van der Waals surface area contributed by atoms with Gasteiger partial charge in [-0.2, -0.15) is 0 Å². The lowest BCUT2D eigenvalue weighted by Crippen LogP contribution is -2.31. The van der Waals surface area contributed by atoms with E-state index in [0.29, 0.717) is 6.04 Å². The van der Waals surface area contributed by atoms with Crippen LogP contribution >= 0.6 is 15.9 Å². The summed E-state index contributed by atoms with van der Waals surface area (Å²) < 4.78 is 1.27. The Hall–Kier alpha value is -0.340. The molecule has 1 aromatic rings. The molecule has 1 aliphatic rings. The Labute approximate surface area is 132 Å². The van der Waals surface area contributed by atoms with Crippen molar-refractivity contribution in [3.8, 4) is 0 Å². The lowest BCUT2D eigenvalue weighted by atomic mass is 9.77. The van der Waals surface area contributed by atoms with Crippen molar-refractivity contribution in [1.29, 1.82) is 0 Å². The second-order valence-electron chi connectivity index (χ2n) is 6.48. The average Bonchev–Trinajstić information content (AvgIpc) is 2.42. The van der Waals surface area contributed by atoms with Crippen molar-refractivity contribution in [3.05, 3.63) is 33.8 Å². The van der Waals surface area contributed by atoms with Gasteiger partial charge in [-0.1, -0.05) is 54.8 Å². The van der Waals surface area contributed by atoms with Crippen molar-refractivity contribution in [2.24, 2.45) is 11.8 Å². The SMILES string of the molecule is CCCNC(c1ccc(C)cc1Br)C1CCC(C)CC1. The van der Waals surface area contributed by atoms with Crippen LogP contribution in [0.2, 0.25) is 0 Å². The van der Waals surface area contributed by atoms with Crippen molar-refractivity contribution >= 4 is 15.9 Å². The number of aryl methyl sites for hydroxylation is 1. The number of halogens is 1. The molecule has 1 aliphatic carbocycles. The van der Waals surface area contributed by atoms with E-state index in [-0.39, 0.29) is 0 Å². The quantitative estimate of drug-likeness (QED) is 0.734. The van der Waals surface area contributed by atoms with E-state index in [1.54, 1.807) is 0 Å². The maximum Gasteiger partial charge on any atom is 0.0359 e. The molecule has 1 aromatic carbocycles. The monoisotopic (exact) mass is 337 g/mol. The van der Waals surface area contributed by atoms with E-state index >= 15 is 0 Å². The topological polar surface area (TPSA) is 12.0 Å². The molecule has 1 atom stereocenters. The maximum atomic E-state index is 3.80. The lowest BCUT2D eigenvalue weighted by molar-refractivity contribution is 0.231. The van der Waals surface area contributed by atoms with Gasteiger partial charge in [0.1, 0.15) is 0 Å². The van der Waals surface area contributed by atoms with Gasteiger partial charge >= 0.3 is 0 Å². The molecule has 112 valence electrons. The fourth-order valence-corrected chi connectivity index (χ4v) is 4.07. The van der Waals surface area contributed by atoms with Gasteiger partial charge in [-0.05, 0) is 61.8 Å². The molecular formula is C18H28BrN. The van der Waals surface area contributed by atoms with E-state index in [0.717, 1.165) is 18.4 Å². The molecule has 20 heavy (non-hydrogen) atoms. The molecule has 0 bridgehead atoms. The highest BCUT2D eigenvalue weighted by molar-refractivity contribution is 9.10. The molecule has 0 spiro atoms. The third-order valence-electron chi connectivity index (χ3n) is 4.64. The summed E-state index contributed by atoms with van der Waals surface area (Å²) in [5, 5.41) is 3.80. The molecule has 0 aliphatic heterocycles. The van der Waals surface area contributed by atoms with Crippen molar-refractivity contribution in [2.75, 3.05) is 6.54 Å². The molecule has 2 rings (SSSR count). The van der Waals surface area contributed by atoms with Crippen molar-refractivity contribution in [1.82, 2.24) is 5.32 Å². The van der Waals surface area contributed by atoms with Gasteiger partial charge in [0.2, 0.25) is 0 Å². The average molecular weight is 338 g/mol. The number of rotatable bonds is 5. The Morgan fingerprint density at radius 1 is 1.25 bits per heavy atom. The summed E-state index contributed by atoms with van der Waals surface area (Å²) >= 11 is 3.78. The first-order valence-corrected chi connectivity index (χ1v) is 8.90. The van der Waals surface area contributed by atoms with Crippen LogP contribution in [0.25, 0.3) is 0 Å². The Bertz CT molecular complexity index is 421. The summed E-state index contributed by atoms with van der Waals surface area (Å²) in [6.07, 6.45) is 6.70. The summed E-state index contributed by atoms with van der Waals surface area (Å²) in [5.41, 5.74) is 2.77. The van der Waals surface area contributed by atoms with Crippen molar-refractivity contribution in [3.63, 3.8) is 0 Å². The lowest BCUT2D eigenvalue weighted by Gasteiger charge is -2.34. The predicted molar refractivity (Wildman–Crippen MR) is 91.0 cm³/mol. The van der Waals surface area contributed by atoms with E-state index < -0.39 is 0 Å². The summed E-state index contributed by atoms with van der Waals surface area (Å²) in [4.78, 5) is 0. The first kappa shape index (κ1) is 16.0. The van der Waals surface area contributed by atoms with E-state index in [4.69, 9.17) is 0 Å². The van der Waals surface area contributed by atoms with Crippen LogP contribution < -0.4 is 5.32 Å². The largest absolute Gasteiger partial charge is 0.310 e. The molecule has 1 N–H and O–H groups in total. The second-order valence-corrected chi connectivity index (χ2v) is 7.33. The van der Waals surface area contributed by atoms with Gasteiger partial charge in [0, 0.05) is 10.5 Å². The fraction of sp³-hybridized carbons (Fsp3) is 0.667. The van der Waals surface area contributed by atoms with Gasteiger partial charge in [-0.3, -0.25) is 0 Å². The zero-order chi connectivity index (χ0) is 14.5. The molecule has 0 saturated heterocycles. The van der Waals surface area contributed by atoms with Crippen LogP contribution in [0.15, 0.2) is 22.7 Å². The molecular weight excluding hydrogens is 310 g/mol. The number of hydrogen-bond donors (Lipinski definition) is 1. The number of hydrogen-bond acceptors (Lipinski definition) is 1. The van der Waals surface area contributed by atoms with Crippen molar-refractivity contribution < 1.29 is 0 Å². The number of nitrogens with one attached hydrogen (secondary N) is 1. The molecule has 0 aromatic heterocycles. The van der Waals surface area contributed by atoms with E-state index in [2.05, 4.69) is 60.2 Å². The van der Waals surface area contributed by atoms with Crippen LogP contribution in [0.5, 0.6) is 0 Å². The summed E-state index contributed by atoms with van der Waals surface area (Å²) in [6.45, 7) is 7.91. The molecule has 0 radical (unpaired) electrons. The Balaban J connectivity index is 2.17. The first-order valence-electron chi connectivity index (χ1n) is 8.11. The Morgan fingerprint density at radius 2 is 1.95 bits per heavy atom. The predicted octanol–water partition coefficient (Wildman–Crippen LogP) is 5.62. The van der Waals surface area contributed by atoms with Gasteiger partial charge in [-0.25, -0.2) is 0 Å². The van der Waals surface area contributed by atoms with Crippen LogP contribution in [0.4, 0.5) is 0 Å². The van der Waals surface area contributed by atoms with Gasteiger partial charge in [0.15, 0.2) is 0 Å². The van der Waals surface area contributed by atoms with E-state index in [1.807, 2.05) is 0 Å². The molecule has 1 saturated carbocycles. The van der Waals surface area contributed by atoms with Crippen LogP contribution in [0.3, 0.4) is 0 Å². The first-order chi connectivity index (χ1) is 9.61. The van der Waals surface area contributed by atoms with Gasteiger partial charge < -0.3 is 5.32 Å². The molecule has 1 nitrogen and oxygen atoms in total. The van der Waals surface area contributed by atoms with Crippen molar-refractivity contribution in [2.45, 2.75) is 58.9 Å². The highest BCUT2D eigenvalue weighted by Crippen LogP contribution is 2.39. The maximum absolute atomic E-state index is 3.80. The Kier molecular flexibility index (Phi) is 6.10. The summed E-state index contributed by atoms with van der Waals surface area (Å²) in [6, 6.07) is 7.32. The van der Waals surface area contributed by atoms with Gasteiger partial charge in [0.25, 0.3) is 0 Å². The summed E-state index contributed by atoms with van der Waals surface area (Å²) in [5.74, 6) is 1.70. The zero-order valence-electron chi connectivity index (χ0n) is 13.1. The highest BCUT2D eigenvalue weighted by atomic mass is 79.9. The summed E-state index contributed by atoms with van der Waals surface area (Å²) in [7, 11) is 0. The van der Waals surface area contributed by atoms with Gasteiger partial charge in [-0.15, -0.1) is 0 Å². The van der Waals surface area contributed by atoms with Gasteiger partial charge in [0.05, 0.1) is 0 Å². The van der Waals surface area contributed by atoms with Crippen LogP contribution in [-0.2, 0) is 0 Å².